The Kier molecular flexibility index (Phi) is 14.2. The van der Waals surface area contributed by atoms with Gasteiger partial charge in [0, 0.05) is 38.0 Å². The zero-order valence-corrected chi connectivity index (χ0v) is 20.2. The second kappa shape index (κ2) is 16.4. The van der Waals surface area contributed by atoms with Crippen molar-refractivity contribution in [1.29, 1.82) is 0 Å². The highest BCUT2D eigenvalue weighted by molar-refractivity contribution is 5.86. The van der Waals surface area contributed by atoms with E-state index in [1.165, 1.54) is 6.92 Å². The molecule has 32 heavy (non-hydrogen) atoms. The molecule has 1 fully saturated rings. The first-order valence-electron chi connectivity index (χ1n) is 11.9. The van der Waals surface area contributed by atoms with Crippen LogP contribution in [0.25, 0.3) is 0 Å². The molecule has 1 heterocycles. The summed E-state index contributed by atoms with van der Waals surface area (Å²) in [5.41, 5.74) is 2.44. The average Bonchev–Trinajstić information content (AvgIpc) is 3.12. The number of oxime groups is 1. The van der Waals surface area contributed by atoms with E-state index in [-0.39, 0.29) is 11.7 Å². The number of nitrogens with zero attached hydrogens (tertiary/aromatic N) is 3. The van der Waals surface area contributed by atoms with Crippen LogP contribution in [0, 0.1) is 5.92 Å². The number of aliphatic imine (C=N–C) groups is 1. The van der Waals surface area contributed by atoms with Gasteiger partial charge in [0.1, 0.15) is 5.83 Å². The Bertz CT molecular complexity index is 725. The normalized spacial score (nSPS) is 21.1. The van der Waals surface area contributed by atoms with Crippen LogP contribution in [0.5, 0.6) is 0 Å². The fraction of sp³-hybridized carbons (Fsp3) is 0.640. The molecular weight excluding hydrogens is 407 g/mol. The molecule has 2 aliphatic rings. The summed E-state index contributed by atoms with van der Waals surface area (Å²) in [5, 5.41) is 15.6. The minimum atomic E-state index is -0.164. The molecule has 1 saturated heterocycles. The van der Waals surface area contributed by atoms with Gasteiger partial charge in [-0.05, 0) is 82.5 Å². The Labute approximate surface area is 193 Å². The molecule has 0 aromatic rings. The third-order valence-electron chi connectivity index (χ3n) is 5.58. The maximum atomic E-state index is 14.2. The largest absolute Gasteiger partial charge is 0.411 e. The van der Waals surface area contributed by atoms with Crippen LogP contribution in [-0.4, -0.2) is 47.1 Å². The lowest BCUT2D eigenvalue weighted by molar-refractivity contribution is -0.118. The highest BCUT2D eigenvalue weighted by Gasteiger charge is 2.20. The zero-order chi connectivity index (χ0) is 23.8. The Morgan fingerprint density at radius 3 is 2.78 bits per heavy atom. The van der Waals surface area contributed by atoms with E-state index in [9.17, 15) is 14.4 Å². The third-order valence-corrected chi connectivity index (χ3v) is 5.58. The molecule has 0 aromatic heterocycles. The minimum Gasteiger partial charge on any atom is -0.411 e. The lowest BCUT2D eigenvalue weighted by Crippen LogP contribution is -2.30. The summed E-state index contributed by atoms with van der Waals surface area (Å²) >= 11 is 0. The van der Waals surface area contributed by atoms with Crippen LogP contribution in [0.15, 0.2) is 46.1 Å². The molecule has 0 radical (unpaired) electrons. The molecule has 1 atom stereocenters. The van der Waals surface area contributed by atoms with Gasteiger partial charge in [0.15, 0.2) is 0 Å². The SMILES string of the molecule is CC.CC(=O)N/C=C\N=C(C)CN1CCCC(C/C(CC2=C(F)C=CCCC2)=N/O)CC1. The van der Waals surface area contributed by atoms with Crippen LogP contribution in [-0.2, 0) is 4.79 Å². The number of nitrogens with one attached hydrogen (secondary N) is 1. The van der Waals surface area contributed by atoms with Gasteiger partial charge in [-0.25, -0.2) is 4.39 Å². The summed E-state index contributed by atoms with van der Waals surface area (Å²) in [6.07, 6.45) is 13.5. The van der Waals surface area contributed by atoms with Crippen LogP contribution in [0.3, 0.4) is 0 Å². The third kappa shape index (κ3) is 11.4. The number of likely N-dealkylation sites (tertiary alicyclic amines) is 1. The number of carbonyl (C=O) groups excluding carboxylic acids is 1. The Balaban J connectivity index is 0.00000249. The average molecular weight is 449 g/mol. The second-order valence-corrected chi connectivity index (χ2v) is 8.25. The van der Waals surface area contributed by atoms with Crippen molar-refractivity contribution < 1.29 is 14.4 Å². The topological polar surface area (TPSA) is 77.3 Å². The Hall–Kier alpha value is -2.28. The van der Waals surface area contributed by atoms with E-state index in [0.717, 1.165) is 75.9 Å². The molecule has 0 saturated carbocycles. The van der Waals surface area contributed by atoms with Gasteiger partial charge >= 0.3 is 0 Å². The summed E-state index contributed by atoms with van der Waals surface area (Å²) in [6.45, 7) is 10.2. The highest BCUT2D eigenvalue weighted by Crippen LogP contribution is 2.27. The quantitative estimate of drug-likeness (QED) is 0.282. The van der Waals surface area contributed by atoms with Crippen LogP contribution in [0.2, 0.25) is 0 Å². The number of hydrogen-bond acceptors (Lipinski definition) is 5. The molecule has 0 aromatic carbocycles. The van der Waals surface area contributed by atoms with E-state index in [1.807, 2.05) is 26.8 Å². The molecule has 1 amide bonds. The molecule has 2 N–H and O–H groups in total. The van der Waals surface area contributed by atoms with Crippen molar-refractivity contribution >= 4 is 17.3 Å². The van der Waals surface area contributed by atoms with E-state index in [4.69, 9.17) is 0 Å². The number of allylic oxidation sites excluding steroid dienone is 4. The van der Waals surface area contributed by atoms with Crippen LogP contribution < -0.4 is 5.32 Å². The first-order chi connectivity index (χ1) is 15.5. The molecule has 6 nitrogen and oxygen atoms in total. The number of amides is 1. The molecular formula is C25H41FN4O2. The minimum absolute atomic E-state index is 0.113. The maximum Gasteiger partial charge on any atom is 0.220 e. The molecule has 1 aliphatic carbocycles. The van der Waals surface area contributed by atoms with Crippen molar-refractivity contribution in [2.45, 2.75) is 79.1 Å². The standard InChI is InChI=1S/C23H35FN4O2.C2H6/c1-18(25-11-12-26-19(2)29)17-28-13-6-7-20(10-14-28)15-22(27-30)16-21-8-4-3-5-9-23(21)24;1-2/h5,9,11-12,20,30H,3-4,6-8,10,13-17H2,1-2H3,(H,26,29);1-2H3/b12-11-,25-18?,27-22-;. The van der Waals surface area contributed by atoms with Crippen molar-refractivity contribution in [2.24, 2.45) is 16.1 Å². The van der Waals surface area contributed by atoms with Crippen molar-refractivity contribution in [3.05, 3.63) is 36.0 Å². The lowest BCUT2D eigenvalue weighted by atomic mass is 9.91. The van der Waals surface area contributed by atoms with Crippen LogP contribution in [0.4, 0.5) is 4.39 Å². The predicted octanol–water partition coefficient (Wildman–Crippen LogP) is 5.76. The van der Waals surface area contributed by atoms with Crippen molar-refractivity contribution in [2.75, 3.05) is 19.6 Å². The summed E-state index contributed by atoms with van der Waals surface area (Å²) in [5.74, 6) is 0.170. The summed E-state index contributed by atoms with van der Waals surface area (Å²) in [4.78, 5) is 17.6. The smallest absolute Gasteiger partial charge is 0.220 e. The fourth-order valence-electron chi connectivity index (χ4n) is 4.03. The van der Waals surface area contributed by atoms with Crippen molar-refractivity contribution in [1.82, 2.24) is 10.2 Å². The van der Waals surface area contributed by atoms with E-state index < -0.39 is 0 Å². The molecule has 0 spiro atoms. The van der Waals surface area contributed by atoms with Gasteiger partial charge in [-0.15, -0.1) is 0 Å². The van der Waals surface area contributed by atoms with Gasteiger partial charge in [-0.2, -0.15) is 0 Å². The maximum absolute atomic E-state index is 14.2. The van der Waals surface area contributed by atoms with E-state index >= 15 is 0 Å². The van der Waals surface area contributed by atoms with Crippen LogP contribution >= 0.6 is 0 Å². The number of hydrogen-bond donors (Lipinski definition) is 2. The van der Waals surface area contributed by atoms with Gasteiger partial charge in [-0.1, -0.05) is 25.1 Å². The Morgan fingerprint density at radius 1 is 1.28 bits per heavy atom. The van der Waals surface area contributed by atoms with E-state index in [1.54, 1.807) is 18.5 Å². The molecule has 1 aliphatic heterocycles. The van der Waals surface area contributed by atoms with Crippen molar-refractivity contribution in [3.63, 3.8) is 0 Å². The number of halogens is 1. The molecule has 7 heteroatoms. The first-order valence-corrected chi connectivity index (χ1v) is 11.9. The van der Waals surface area contributed by atoms with Gasteiger partial charge in [0.05, 0.1) is 5.71 Å². The molecule has 0 bridgehead atoms. The summed E-state index contributed by atoms with van der Waals surface area (Å²) < 4.78 is 14.2. The number of carbonyl (C=O) groups is 1. The van der Waals surface area contributed by atoms with Gasteiger partial charge in [0.25, 0.3) is 0 Å². The first kappa shape index (κ1) is 27.8. The van der Waals surface area contributed by atoms with Crippen LogP contribution in [0.1, 0.15) is 79.1 Å². The van der Waals surface area contributed by atoms with Gasteiger partial charge in [0.2, 0.25) is 5.91 Å². The Morgan fingerprint density at radius 2 is 2.06 bits per heavy atom. The number of rotatable bonds is 8. The highest BCUT2D eigenvalue weighted by atomic mass is 19.1. The molecule has 2 rings (SSSR count). The molecule has 180 valence electrons. The fourth-order valence-corrected chi connectivity index (χ4v) is 4.03. The van der Waals surface area contributed by atoms with Gasteiger partial charge < -0.3 is 10.5 Å². The van der Waals surface area contributed by atoms with E-state index in [2.05, 4.69) is 20.4 Å². The zero-order valence-electron chi connectivity index (χ0n) is 20.2. The predicted molar refractivity (Wildman–Crippen MR) is 131 cm³/mol. The lowest BCUT2D eigenvalue weighted by Gasteiger charge is -2.20. The van der Waals surface area contributed by atoms with Gasteiger partial charge in [-0.3, -0.25) is 14.7 Å². The summed E-state index contributed by atoms with van der Waals surface area (Å²) in [6, 6.07) is 0. The van der Waals surface area contributed by atoms with E-state index in [0.29, 0.717) is 18.1 Å². The second-order valence-electron chi connectivity index (χ2n) is 8.25. The summed E-state index contributed by atoms with van der Waals surface area (Å²) in [7, 11) is 0. The monoisotopic (exact) mass is 448 g/mol. The van der Waals surface area contributed by atoms with Crippen molar-refractivity contribution in [3.8, 4) is 0 Å². The molecule has 1 unspecified atom stereocenters.